The molecule has 28 heavy (non-hydrogen) atoms. The molecule has 1 N–H and O–H groups in total. The van der Waals surface area contributed by atoms with Crippen molar-refractivity contribution in [2.24, 2.45) is 40.4 Å². The highest BCUT2D eigenvalue weighted by Crippen LogP contribution is 2.67. The minimum Gasteiger partial charge on any atom is -0.393 e. The van der Waals surface area contributed by atoms with Crippen molar-refractivity contribution in [3.63, 3.8) is 0 Å². The number of hydrogen-bond donors (Lipinski definition) is 1. The summed E-state index contributed by atoms with van der Waals surface area (Å²) >= 11 is 0. The third-order valence-corrected chi connectivity index (χ3v) is 9.84. The Bertz CT molecular complexity index is 643. The highest BCUT2D eigenvalue weighted by atomic mass is 16.3. The van der Waals surface area contributed by atoms with Crippen LogP contribution in [0.1, 0.15) is 98.8 Å². The molecule has 1 heteroatoms. The molecule has 7 atom stereocenters. The lowest BCUT2D eigenvalue weighted by Gasteiger charge is -2.58. The Labute approximate surface area is 174 Å². The van der Waals surface area contributed by atoms with Crippen molar-refractivity contribution in [1.82, 2.24) is 0 Å². The van der Waals surface area contributed by atoms with E-state index in [-0.39, 0.29) is 6.10 Å². The molecule has 0 bridgehead atoms. The maximum Gasteiger partial charge on any atom is 0.0577 e. The lowest BCUT2D eigenvalue weighted by Crippen LogP contribution is -2.50. The monoisotopic (exact) mass is 384 g/mol. The maximum atomic E-state index is 10.2. The van der Waals surface area contributed by atoms with E-state index in [9.17, 15) is 5.11 Å². The molecule has 0 heterocycles. The first kappa shape index (κ1) is 20.7. The minimum atomic E-state index is -0.0841. The topological polar surface area (TPSA) is 20.2 Å². The van der Waals surface area contributed by atoms with Gasteiger partial charge in [0, 0.05) is 0 Å². The van der Waals surface area contributed by atoms with Crippen LogP contribution in [0, 0.1) is 40.4 Å². The van der Waals surface area contributed by atoms with Gasteiger partial charge in [-0.1, -0.05) is 51.0 Å². The van der Waals surface area contributed by atoms with Crippen molar-refractivity contribution < 1.29 is 5.11 Å². The zero-order chi connectivity index (χ0) is 20.1. The van der Waals surface area contributed by atoms with Crippen LogP contribution in [0.15, 0.2) is 23.3 Å². The van der Waals surface area contributed by atoms with Crippen LogP contribution in [-0.2, 0) is 0 Å². The Morgan fingerprint density at radius 1 is 1.14 bits per heavy atom. The highest BCUT2D eigenvalue weighted by Gasteiger charge is 2.58. The predicted molar refractivity (Wildman–Crippen MR) is 119 cm³/mol. The lowest BCUT2D eigenvalue weighted by molar-refractivity contribution is -0.0454. The van der Waals surface area contributed by atoms with Gasteiger partial charge in [-0.15, -0.1) is 0 Å². The average molecular weight is 385 g/mol. The van der Waals surface area contributed by atoms with Gasteiger partial charge in [-0.3, -0.25) is 0 Å². The smallest absolute Gasteiger partial charge is 0.0577 e. The van der Waals surface area contributed by atoms with Crippen molar-refractivity contribution in [3.8, 4) is 0 Å². The largest absolute Gasteiger partial charge is 0.393 e. The van der Waals surface area contributed by atoms with E-state index in [0.29, 0.717) is 10.8 Å². The van der Waals surface area contributed by atoms with Gasteiger partial charge in [0.2, 0.25) is 0 Å². The molecule has 4 aliphatic rings. The number of aliphatic hydroxyl groups excluding tert-OH is 1. The number of aliphatic hydroxyl groups is 1. The maximum absolute atomic E-state index is 10.2. The zero-order valence-electron chi connectivity index (χ0n) is 19.1. The summed E-state index contributed by atoms with van der Waals surface area (Å²) in [5.41, 5.74) is 4.21. The third-order valence-electron chi connectivity index (χ3n) is 9.84. The van der Waals surface area contributed by atoms with E-state index in [0.717, 1.165) is 42.4 Å². The zero-order valence-corrected chi connectivity index (χ0v) is 19.1. The molecule has 0 aromatic heterocycles. The molecule has 1 nitrogen and oxygen atoms in total. The second-order valence-electron chi connectivity index (χ2n) is 11.7. The Kier molecular flexibility index (Phi) is 5.62. The van der Waals surface area contributed by atoms with Crippen molar-refractivity contribution >= 4 is 0 Å². The van der Waals surface area contributed by atoms with Crippen LogP contribution in [-0.4, -0.2) is 11.2 Å². The fourth-order valence-electron chi connectivity index (χ4n) is 8.18. The van der Waals surface area contributed by atoms with Crippen molar-refractivity contribution in [1.29, 1.82) is 0 Å². The Morgan fingerprint density at radius 3 is 2.68 bits per heavy atom. The van der Waals surface area contributed by atoms with Gasteiger partial charge in [0.25, 0.3) is 0 Å². The third kappa shape index (κ3) is 3.34. The Balaban J connectivity index is 1.54. The summed E-state index contributed by atoms with van der Waals surface area (Å²) in [6.07, 6.45) is 17.8. The average Bonchev–Trinajstić information content (AvgIpc) is 2.99. The van der Waals surface area contributed by atoms with Crippen LogP contribution in [0.2, 0.25) is 0 Å². The molecule has 158 valence electrons. The summed E-state index contributed by atoms with van der Waals surface area (Å²) in [5, 5.41) is 10.2. The first-order valence-corrected chi connectivity index (χ1v) is 12.3. The van der Waals surface area contributed by atoms with Gasteiger partial charge >= 0.3 is 0 Å². The SMILES string of the molecule is C/C(=C\CCC(C)C)[C@H]1CC[C@H]2[C@@H]3CC=C4C[C@@H](O)CC[C@]4(C)[C@H]3CC[C@]12C. The molecule has 4 rings (SSSR count). The fraction of sp³-hybridized carbons (Fsp3) is 0.852. The molecule has 0 aliphatic heterocycles. The van der Waals surface area contributed by atoms with E-state index in [2.05, 4.69) is 46.8 Å². The van der Waals surface area contributed by atoms with Crippen LogP contribution in [0.4, 0.5) is 0 Å². The lowest BCUT2D eigenvalue weighted by atomic mass is 9.47. The highest BCUT2D eigenvalue weighted by molar-refractivity contribution is 5.26. The molecule has 0 saturated heterocycles. The first-order chi connectivity index (χ1) is 13.3. The molecule has 3 fully saturated rings. The van der Waals surface area contributed by atoms with Gasteiger partial charge in [0.1, 0.15) is 0 Å². The van der Waals surface area contributed by atoms with Crippen LogP contribution in [0.25, 0.3) is 0 Å². The van der Waals surface area contributed by atoms with E-state index in [1.807, 2.05) is 0 Å². The second-order valence-corrected chi connectivity index (χ2v) is 11.7. The summed E-state index contributed by atoms with van der Waals surface area (Å²) < 4.78 is 0. The summed E-state index contributed by atoms with van der Waals surface area (Å²) in [7, 11) is 0. The molecule has 4 aliphatic carbocycles. The van der Waals surface area contributed by atoms with Gasteiger partial charge in [-0.25, -0.2) is 0 Å². The van der Waals surface area contributed by atoms with E-state index in [1.165, 1.54) is 51.4 Å². The molecule has 0 amide bonds. The van der Waals surface area contributed by atoms with Crippen molar-refractivity contribution in [2.45, 2.75) is 105 Å². The standard InChI is InChI=1S/C27H44O/c1-18(2)7-6-8-19(3)23-11-12-24-22-10-9-20-17-21(28)13-15-26(20,4)25(22)14-16-27(23,24)5/h8-9,18,21-25,28H,6-7,10-17H2,1-5H3/b19-8+/t21-,22-,23+,24-,25-,26-,27+/m0/s1. The van der Waals surface area contributed by atoms with Crippen LogP contribution in [0.3, 0.4) is 0 Å². The van der Waals surface area contributed by atoms with Gasteiger partial charge < -0.3 is 5.11 Å². The molecule has 0 aromatic carbocycles. The summed E-state index contributed by atoms with van der Waals surface area (Å²) in [5.74, 6) is 4.28. The molecule has 0 unspecified atom stereocenters. The van der Waals surface area contributed by atoms with Gasteiger partial charge in [-0.05, 0) is 112 Å². The number of hydrogen-bond acceptors (Lipinski definition) is 1. The number of rotatable bonds is 4. The van der Waals surface area contributed by atoms with E-state index >= 15 is 0 Å². The van der Waals surface area contributed by atoms with Gasteiger partial charge in [-0.2, -0.15) is 0 Å². The molecule has 0 spiro atoms. The summed E-state index contributed by atoms with van der Waals surface area (Å²) in [6.45, 7) is 12.3. The molecular weight excluding hydrogens is 340 g/mol. The molecule has 3 saturated carbocycles. The Morgan fingerprint density at radius 2 is 1.93 bits per heavy atom. The molecular formula is C27H44O. The molecule has 0 aromatic rings. The summed E-state index contributed by atoms with van der Waals surface area (Å²) in [4.78, 5) is 0. The number of allylic oxidation sites excluding steroid dienone is 3. The number of fused-ring (bicyclic) bond motifs is 5. The van der Waals surface area contributed by atoms with Crippen molar-refractivity contribution in [2.75, 3.05) is 0 Å². The van der Waals surface area contributed by atoms with Gasteiger partial charge in [0.15, 0.2) is 0 Å². The second kappa shape index (κ2) is 7.60. The van der Waals surface area contributed by atoms with E-state index in [1.54, 1.807) is 11.1 Å². The predicted octanol–water partition coefficient (Wildman–Crippen LogP) is 7.31. The van der Waals surface area contributed by atoms with Crippen LogP contribution < -0.4 is 0 Å². The minimum absolute atomic E-state index is 0.0841. The summed E-state index contributed by atoms with van der Waals surface area (Å²) in [6, 6.07) is 0. The van der Waals surface area contributed by atoms with E-state index in [4.69, 9.17) is 0 Å². The van der Waals surface area contributed by atoms with Crippen LogP contribution in [0.5, 0.6) is 0 Å². The van der Waals surface area contributed by atoms with Crippen LogP contribution >= 0.6 is 0 Å². The Hall–Kier alpha value is -0.560. The van der Waals surface area contributed by atoms with Crippen molar-refractivity contribution in [3.05, 3.63) is 23.3 Å². The van der Waals surface area contributed by atoms with Gasteiger partial charge in [0.05, 0.1) is 6.10 Å². The normalized spacial score (nSPS) is 46.0. The fourth-order valence-corrected chi connectivity index (χ4v) is 8.18. The quantitative estimate of drug-likeness (QED) is 0.504. The van der Waals surface area contributed by atoms with E-state index < -0.39 is 0 Å². The molecule has 0 radical (unpaired) electrons. The first-order valence-electron chi connectivity index (χ1n) is 12.3.